The molecule has 6 rings (SSSR count). The van der Waals surface area contributed by atoms with Crippen molar-refractivity contribution in [2.24, 2.45) is 0 Å². The Hall–Kier alpha value is -3.40. The van der Waals surface area contributed by atoms with Gasteiger partial charge in [0.25, 0.3) is 0 Å². The van der Waals surface area contributed by atoms with Gasteiger partial charge in [0.15, 0.2) is 5.82 Å². The molecule has 202 valence electrons. The minimum Gasteiger partial charge on any atom is -0.394 e. The Morgan fingerprint density at radius 1 is 1.10 bits per heavy atom. The molecular weight excluding hydrogens is 556 g/mol. The van der Waals surface area contributed by atoms with Crippen LogP contribution < -0.4 is 0 Å². The summed E-state index contributed by atoms with van der Waals surface area (Å²) in [5.41, 5.74) is 1.67. The first-order valence-corrected chi connectivity index (χ1v) is 12.9. The molecule has 0 saturated carbocycles. The van der Waals surface area contributed by atoms with Crippen molar-refractivity contribution < 1.29 is 28.8 Å². The number of aryl methyl sites for hydroxylation is 1. The van der Waals surface area contributed by atoms with Gasteiger partial charge < -0.3 is 20.1 Å². The van der Waals surface area contributed by atoms with Crippen LogP contribution in [-0.4, -0.2) is 75.0 Å². The van der Waals surface area contributed by atoms with Crippen molar-refractivity contribution in [1.82, 2.24) is 34.7 Å². The molecule has 2 aromatic carbocycles. The molecule has 0 radical (unpaired) electrons. The molecule has 1 saturated heterocycles. The Morgan fingerprint density at radius 2 is 1.87 bits per heavy atom. The maximum absolute atomic E-state index is 14.0. The summed E-state index contributed by atoms with van der Waals surface area (Å²) in [5.74, 6) is -1.72. The number of aliphatic hydroxyl groups excluding tert-OH is 3. The summed E-state index contributed by atoms with van der Waals surface area (Å²) < 4.78 is 37.7. The van der Waals surface area contributed by atoms with Gasteiger partial charge in [0.1, 0.15) is 59.1 Å². The summed E-state index contributed by atoms with van der Waals surface area (Å²) in [5, 5.41) is 48.7. The third-order valence-electron chi connectivity index (χ3n) is 6.57. The summed E-state index contributed by atoms with van der Waals surface area (Å²) in [6.07, 6.45) is -2.34. The number of halogens is 3. The summed E-state index contributed by atoms with van der Waals surface area (Å²) in [6, 6.07) is 6.43. The Bertz CT molecular complexity index is 1650. The largest absolute Gasteiger partial charge is 0.394 e. The third-order valence-corrected chi connectivity index (χ3v) is 7.87. The van der Waals surface area contributed by atoms with Crippen molar-refractivity contribution >= 4 is 33.2 Å². The SMILES string of the molecule is Cc1nc2ccc(-n3cnnc3[C@@H]3O[C@H](CO)[C@H](O)[C@H](n4cc(-c5cc(F)c(Cl)c(F)c5)nn4)[C@H]3O)cc2s1. The lowest BCUT2D eigenvalue weighted by Crippen LogP contribution is -2.53. The van der Waals surface area contributed by atoms with Crippen molar-refractivity contribution in [2.75, 3.05) is 6.61 Å². The average Bonchev–Trinajstić information content (AvgIpc) is 3.66. The number of thiazole rings is 1. The minimum atomic E-state index is -1.44. The van der Waals surface area contributed by atoms with Gasteiger partial charge in [-0.15, -0.1) is 26.6 Å². The fraction of sp³-hybridized carbons (Fsp3) is 0.292. The molecule has 1 fully saturated rings. The lowest BCUT2D eigenvalue weighted by molar-refractivity contribution is -0.210. The van der Waals surface area contributed by atoms with Crippen LogP contribution in [0.1, 0.15) is 23.0 Å². The van der Waals surface area contributed by atoms with Crippen LogP contribution in [0.3, 0.4) is 0 Å². The van der Waals surface area contributed by atoms with Crippen LogP contribution in [0.5, 0.6) is 0 Å². The van der Waals surface area contributed by atoms with E-state index in [1.807, 2.05) is 25.1 Å². The van der Waals surface area contributed by atoms with Crippen LogP contribution in [0.15, 0.2) is 42.9 Å². The van der Waals surface area contributed by atoms with E-state index in [0.29, 0.717) is 5.69 Å². The maximum Gasteiger partial charge on any atom is 0.169 e. The molecule has 5 atom stereocenters. The Balaban J connectivity index is 1.36. The van der Waals surface area contributed by atoms with Crippen molar-refractivity contribution in [3.63, 3.8) is 0 Å². The van der Waals surface area contributed by atoms with Gasteiger partial charge in [0.05, 0.1) is 28.0 Å². The zero-order chi connectivity index (χ0) is 27.4. The smallest absolute Gasteiger partial charge is 0.169 e. The molecule has 0 unspecified atom stereocenters. The van der Waals surface area contributed by atoms with Gasteiger partial charge in [-0.3, -0.25) is 4.57 Å². The highest BCUT2D eigenvalue weighted by Crippen LogP contribution is 2.39. The van der Waals surface area contributed by atoms with Crippen LogP contribution in [0.4, 0.5) is 8.78 Å². The summed E-state index contributed by atoms with van der Waals surface area (Å²) in [4.78, 5) is 4.46. The second kappa shape index (κ2) is 9.97. The van der Waals surface area contributed by atoms with Crippen molar-refractivity contribution in [3.05, 3.63) is 70.3 Å². The molecule has 0 spiro atoms. The minimum absolute atomic E-state index is 0.0559. The van der Waals surface area contributed by atoms with E-state index in [2.05, 4.69) is 25.5 Å². The lowest BCUT2D eigenvalue weighted by atomic mass is 9.92. The molecule has 1 aliphatic rings. The third kappa shape index (κ3) is 4.48. The van der Waals surface area contributed by atoms with Gasteiger partial charge in [0.2, 0.25) is 0 Å². The summed E-state index contributed by atoms with van der Waals surface area (Å²) in [6.45, 7) is 1.34. The second-order valence-electron chi connectivity index (χ2n) is 9.03. The van der Waals surface area contributed by atoms with Crippen LogP contribution in [0, 0.1) is 18.6 Å². The molecule has 11 nitrogen and oxygen atoms in total. The molecule has 3 aromatic heterocycles. The predicted molar refractivity (Wildman–Crippen MR) is 135 cm³/mol. The zero-order valence-corrected chi connectivity index (χ0v) is 21.6. The number of aromatic nitrogens is 7. The molecule has 0 bridgehead atoms. The number of hydrogen-bond donors (Lipinski definition) is 3. The fourth-order valence-electron chi connectivity index (χ4n) is 4.70. The van der Waals surface area contributed by atoms with Gasteiger partial charge in [-0.2, -0.15) is 0 Å². The summed E-state index contributed by atoms with van der Waals surface area (Å²) in [7, 11) is 0. The molecule has 3 N–H and O–H groups in total. The van der Waals surface area contributed by atoms with Gasteiger partial charge >= 0.3 is 0 Å². The lowest BCUT2D eigenvalue weighted by Gasteiger charge is -2.41. The van der Waals surface area contributed by atoms with Crippen molar-refractivity contribution in [3.8, 4) is 16.9 Å². The number of fused-ring (bicyclic) bond motifs is 1. The molecule has 0 aliphatic carbocycles. The highest BCUT2D eigenvalue weighted by atomic mass is 35.5. The quantitative estimate of drug-likeness (QED) is 0.269. The van der Waals surface area contributed by atoms with E-state index in [4.69, 9.17) is 16.3 Å². The first-order chi connectivity index (χ1) is 18.7. The fourth-order valence-corrected chi connectivity index (χ4v) is 5.67. The molecule has 5 aromatic rings. The number of benzene rings is 2. The Labute approximate surface area is 227 Å². The predicted octanol–water partition coefficient (Wildman–Crippen LogP) is 2.77. The maximum atomic E-state index is 14.0. The van der Waals surface area contributed by atoms with Crippen LogP contribution in [-0.2, 0) is 4.74 Å². The van der Waals surface area contributed by atoms with E-state index in [-0.39, 0.29) is 17.1 Å². The Morgan fingerprint density at radius 3 is 2.62 bits per heavy atom. The number of rotatable bonds is 5. The zero-order valence-electron chi connectivity index (χ0n) is 20.1. The van der Waals surface area contributed by atoms with Crippen LogP contribution >= 0.6 is 22.9 Å². The van der Waals surface area contributed by atoms with Crippen LogP contribution in [0.25, 0.3) is 27.2 Å². The van der Waals surface area contributed by atoms with Crippen molar-refractivity contribution in [1.29, 1.82) is 0 Å². The van der Waals surface area contributed by atoms with E-state index < -0.39 is 53.7 Å². The first-order valence-electron chi connectivity index (χ1n) is 11.7. The van der Waals surface area contributed by atoms with E-state index in [1.54, 1.807) is 4.57 Å². The monoisotopic (exact) mass is 575 g/mol. The average molecular weight is 576 g/mol. The summed E-state index contributed by atoms with van der Waals surface area (Å²) >= 11 is 7.10. The van der Waals surface area contributed by atoms with E-state index in [1.165, 1.54) is 28.5 Å². The molecule has 4 heterocycles. The van der Waals surface area contributed by atoms with Gasteiger partial charge in [-0.25, -0.2) is 18.4 Å². The molecule has 15 heteroatoms. The van der Waals surface area contributed by atoms with Crippen LogP contribution in [0.2, 0.25) is 5.02 Å². The topological polar surface area (TPSA) is 144 Å². The van der Waals surface area contributed by atoms with E-state index >= 15 is 0 Å². The standard InChI is InChI=1S/C24H20ClF2N7O4S/c1-10-29-15-3-2-12(6-18(15)39-10)33-9-28-31-24(33)23-22(37)20(21(36)17(8-35)38-23)34-7-16(30-32-34)11-4-13(26)19(25)14(27)5-11/h2-7,9,17,20-23,35-37H,8H2,1H3/t17-,20+,21+,22-,23-/m1/s1. The Kier molecular flexibility index (Phi) is 6.61. The molecule has 39 heavy (non-hydrogen) atoms. The number of aliphatic hydroxyl groups is 3. The van der Waals surface area contributed by atoms with E-state index in [0.717, 1.165) is 27.4 Å². The van der Waals surface area contributed by atoms with Gasteiger partial charge in [0, 0.05) is 11.3 Å². The first kappa shape index (κ1) is 25.9. The molecule has 1 aliphatic heterocycles. The highest BCUT2D eigenvalue weighted by molar-refractivity contribution is 7.18. The van der Waals surface area contributed by atoms with Gasteiger partial charge in [-0.1, -0.05) is 16.8 Å². The highest BCUT2D eigenvalue weighted by Gasteiger charge is 2.48. The molecular formula is C24H20ClF2N7O4S. The molecule has 0 amide bonds. The number of nitrogens with zero attached hydrogens (tertiary/aromatic N) is 7. The second-order valence-corrected chi connectivity index (χ2v) is 10.6. The number of hydrogen-bond acceptors (Lipinski definition) is 10. The number of ether oxygens (including phenoxy) is 1. The van der Waals surface area contributed by atoms with Crippen molar-refractivity contribution in [2.45, 2.75) is 37.4 Å². The normalized spacial score (nSPS) is 23.5. The van der Waals surface area contributed by atoms with Gasteiger partial charge in [-0.05, 0) is 37.3 Å². The van der Waals surface area contributed by atoms with E-state index in [9.17, 15) is 24.1 Å².